The Morgan fingerprint density at radius 3 is 2.30 bits per heavy atom. The molecule has 0 aliphatic carbocycles. The molecule has 1 atom stereocenters. The molecule has 33 heavy (non-hydrogen) atoms. The number of rotatable bonds is 8. The lowest BCUT2D eigenvalue weighted by Gasteiger charge is -2.24. The van der Waals surface area contributed by atoms with Gasteiger partial charge in [0.1, 0.15) is 0 Å². The SMILES string of the molecule is Cc1ccc(S(=O)(=O)N(C)C(=O)C[C@H](Nc2cccc(Br)c2)c2ccc([N+](=O)[O-])cc2)cc1. The number of benzene rings is 3. The summed E-state index contributed by atoms with van der Waals surface area (Å²) in [6.45, 7) is 1.84. The Kier molecular flexibility index (Phi) is 7.50. The largest absolute Gasteiger partial charge is 0.378 e. The third-order valence-electron chi connectivity index (χ3n) is 5.08. The molecule has 3 aromatic carbocycles. The van der Waals surface area contributed by atoms with Crippen molar-refractivity contribution in [1.29, 1.82) is 0 Å². The Balaban J connectivity index is 1.88. The van der Waals surface area contributed by atoms with Crippen molar-refractivity contribution in [2.45, 2.75) is 24.3 Å². The predicted octanol–water partition coefficient (Wildman–Crippen LogP) is 5.06. The van der Waals surface area contributed by atoms with Gasteiger partial charge in [-0.05, 0) is 42.8 Å². The Bertz CT molecular complexity index is 1260. The standard InChI is InChI=1S/C23H22BrN3O5S/c1-16-6-12-21(13-7-16)33(31,32)26(2)23(28)15-22(25-19-5-3-4-18(24)14-19)17-8-10-20(11-9-17)27(29)30/h3-14,22,25H,15H2,1-2H3/t22-/m0/s1. The monoisotopic (exact) mass is 531 g/mol. The van der Waals surface area contributed by atoms with Crippen molar-refractivity contribution in [1.82, 2.24) is 4.31 Å². The molecule has 0 aliphatic heterocycles. The van der Waals surface area contributed by atoms with Gasteiger partial charge in [-0.15, -0.1) is 0 Å². The van der Waals surface area contributed by atoms with Gasteiger partial charge >= 0.3 is 0 Å². The van der Waals surface area contributed by atoms with Gasteiger partial charge in [-0.25, -0.2) is 12.7 Å². The van der Waals surface area contributed by atoms with E-state index >= 15 is 0 Å². The second kappa shape index (κ2) is 10.1. The summed E-state index contributed by atoms with van der Waals surface area (Å²) in [4.78, 5) is 23.6. The van der Waals surface area contributed by atoms with Gasteiger partial charge in [0, 0.05) is 29.3 Å². The van der Waals surface area contributed by atoms with Crippen LogP contribution in [0.2, 0.25) is 0 Å². The van der Waals surface area contributed by atoms with Crippen molar-refractivity contribution in [3.63, 3.8) is 0 Å². The van der Waals surface area contributed by atoms with Crippen molar-refractivity contribution in [3.8, 4) is 0 Å². The minimum atomic E-state index is -4.02. The highest BCUT2D eigenvalue weighted by Crippen LogP contribution is 2.28. The Morgan fingerprint density at radius 2 is 1.73 bits per heavy atom. The lowest BCUT2D eigenvalue weighted by Crippen LogP contribution is -2.35. The maximum Gasteiger partial charge on any atom is 0.269 e. The molecule has 1 amide bonds. The van der Waals surface area contributed by atoms with E-state index in [4.69, 9.17) is 0 Å². The molecule has 3 aromatic rings. The summed E-state index contributed by atoms with van der Waals surface area (Å²) in [5.74, 6) is -0.624. The number of nitrogens with zero attached hydrogens (tertiary/aromatic N) is 2. The number of nitro groups is 1. The van der Waals surface area contributed by atoms with Crippen LogP contribution in [-0.4, -0.2) is 30.6 Å². The second-order valence-electron chi connectivity index (χ2n) is 7.44. The first-order valence-electron chi connectivity index (χ1n) is 9.93. The zero-order chi connectivity index (χ0) is 24.2. The van der Waals surface area contributed by atoms with E-state index in [1.54, 1.807) is 30.3 Å². The summed E-state index contributed by atoms with van der Waals surface area (Å²) in [5, 5.41) is 14.2. The number of carbonyl (C=O) groups is 1. The summed E-state index contributed by atoms with van der Waals surface area (Å²) in [7, 11) is -2.80. The number of nitrogens with one attached hydrogen (secondary N) is 1. The van der Waals surface area contributed by atoms with E-state index in [-0.39, 0.29) is 17.0 Å². The number of non-ortho nitro benzene ring substituents is 1. The molecule has 0 aliphatic rings. The minimum Gasteiger partial charge on any atom is -0.378 e. The number of aryl methyl sites for hydroxylation is 1. The van der Waals surface area contributed by atoms with E-state index < -0.39 is 26.9 Å². The van der Waals surface area contributed by atoms with Crippen molar-refractivity contribution in [2.75, 3.05) is 12.4 Å². The van der Waals surface area contributed by atoms with Crippen LogP contribution < -0.4 is 5.32 Å². The number of nitro benzene ring substituents is 1. The molecule has 0 bridgehead atoms. The summed E-state index contributed by atoms with van der Waals surface area (Å²) in [5.41, 5.74) is 2.13. The van der Waals surface area contributed by atoms with Gasteiger partial charge in [0.2, 0.25) is 5.91 Å². The van der Waals surface area contributed by atoms with Gasteiger partial charge < -0.3 is 5.32 Å². The maximum absolute atomic E-state index is 13.0. The molecule has 172 valence electrons. The van der Waals surface area contributed by atoms with Gasteiger partial charge in [-0.1, -0.05) is 51.8 Å². The molecule has 0 heterocycles. The van der Waals surface area contributed by atoms with Crippen LogP contribution in [-0.2, 0) is 14.8 Å². The van der Waals surface area contributed by atoms with Crippen molar-refractivity contribution in [3.05, 3.63) is 98.5 Å². The van der Waals surface area contributed by atoms with E-state index in [1.807, 2.05) is 25.1 Å². The Morgan fingerprint density at radius 1 is 1.09 bits per heavy atom. The van der Waals surface area contributed by atoms with Crippen LogP contribution >= 0.6 is 15.9 Å². The number of anilines is 1. The maximum atomic E-state index is 13.0. The lowest BCUT2D eigenvalue weighted by molar-refractivity contribution is -0.384. The average Bonchev–Trinajstić information content (AvgIpc) is 2.78. The van der Waals surface area contributed by atoms with E-state index in [0.717, 1.165) is 14.3 Å². The molecule has 0 saturated heterocycles. The zero-order valence-electron chi connectivity index (χ0n) is 17.9. The van der Waals surface area contributed by atoms with Crippen LogP contribution in [0.25, 0.3) is 0 Å². The summed E-state index contributed by atoms with van der Waals surface area (Å²) < 4.78 is 27.4. The molecule has 0 unspecified atom stereocenters. The quantitative estimate of drug-likeness (QED) is 0.321. The Labute approximate surface area is 200 Å². The molecule has 0 fully saturated rings. The van der Waals surface area contributed by atoms with E-state index in [1.165, 1.54) is 31.3 Å². The molecule has 3 rings (SSSR count). The summed E-state index contributed by atoms with van der Waals surface area (Å²) in [6, 6.07) is 18.7. The lowest BCUT2D eigenvalue weighted by atomic mass is 10.0. The normalized spacial score (nSPS) is 12.1. The van der Waals surface area contributed by atoms with E-state index in [0.29, 0.717) is 11.3 Å². The third-order valence-corrected chi connectivity index (χ3v) is 7.37. The minimum absolute atomic E-state index is 0.0239. The molecule has 0 radical (unpaired) electrons. The molecule has 0 saturated carbocycles. The molecular formula is C23H22BrN3O5S. The zero-order valence-corrected chi connectivity index (χ0v) is 20.3. The summed E-state index contributed by atoms with van der Waals surface area (Å²) >= 11 is 3.40. The van der Waals surface area contributed by atoms with E-state index in [2.05, 4.69) is 21.2 Å². The van der Waals surface area contributed by atoms with Crippen LogP contribution in [0.5, 0.6) is 0 Å². The van der Waals surface area contributed by atoms with Gasteiger partial charge in [-0.3, -0.25) is 14.9 Å². The van der Waals surface area contributed by atoms with Gasteiger partial charge in [0.05, 0.1) is 22.3 Å². The third kappa shape index (κ3) is 5.96. The van der Waals surface area contributed by atoms with Gasteiger partial charge in [0.15, 0.2) is 0 Å². The molecule has 8 nitrogen and oxygen atoms in total. The van der Waals surface area contributed by atoms with Crippen LogP contribution in [0.4, 0.5) is 11.4 Å². The van der Waals surface area contributed by atoms with Crippen LogP contribution in [0, 0.1) is 17.0 Å². The van der Waals surface area contributed by atoms with Crippen molar-refractivity contribution >= 4 is 43.2 Å². The molecular weight excluding hydrogens is 510 g/mol. The average molecular weight is 532 g/mol. The molecule has 1 N–H and O–H groups in total. The van der Waals surface area contributed by atoms with E-state index in [9.17, 15) is 23.3 Å². The predicted molar refractivity (Wildman–Crippen MR) is 129 cm³/mol. The first kappa shape index (κ1) is 24.4. The fraction of sp³-hybridized carbons (Fsp3) is 0.174. The highest BCUT2D eigenvalue weighted by Gasteiger charge is 2.28. The van der Waals surface area contributed by atoms with Gasteiger partial charge in [-0.2, -0.15) is 0 Å². The number of hydrogen-bond donors (Lipinski definition) is 1. The number of carbonyl (C=O) groups excluding carboxylic acids is 1. The number of sulfonamides is 1. The first-order valence-corrected chi connectivity index (χ1v) is 12.2. The smallest absolute Gasteiger partial charge is 0.269 e. The van der Waals surface area contributed by atoms with Crippen LogP contribution in [0.1, 0.15) is 23.6 Å². The number of amides is 1. The highest BCUT2D eigenvalue weighted by molar-refractivity contribution is 9.10. The van der Waals surface area contributed by atoms with Crippen molar-refractivity contribution < 1.29 is 18.1 Å². The molecule has 0 spiro atoms. The van der Waals surface area contributed by atoms with Crippen LogP contribution in [0.15, 0.2) is 82.2 Å². The fourth-order valence-corrected chi connectivity index (χ4v) is 4.70. The first-order chi connectivity index (χ1) is 15.6. The number of hydrogen-bond acceptors (Lipinski definition) is 6. The fourth-order valence-electron chi connectivity index (χ4n) is 3.17. The van der Waals surface area contributed by atoms with Crippen LogP contribution in [0.3, 0.4) is 0 Å². The number of halogens is 1. The highest BCUT2D eigenvalue weighted by atomic mass is 79.9. The van der Waals surface area contributed by atoms with Crippen molar-refractivity contribution in [2.24, 2.45) is 0 Å². The topological polar surface area (TPSA) is 110 Å². The summed E-state index contributed by atoms with van der Waals surface area (Å²) in [6.07, 6.45) is -0.189. The van der Waals surface area contributed by atoms with Gasteiger partial charge in [0.25, 0.3) is 15.7 Å². The molecule has 0 aromatic heterocycles. The molecule has 10 heteroatoms. The Hall–Kier alpha value is -3.24. The second-order valence-corrected chi connectivity index (χ2v) is 10.3.